The number of piperidine rings is 1. The van der Waals surface area contributed by atoms with Crippen LogP contribution in [0.5, 0.6) is 0 Å². The SMILES string of the molecule is CCNC(=NCCc1ccc(-c2nc(CC)no2)cc1)N1CCC(OCCCOC)CC1.I. The fourth-order valence-corrected chi connectivity index (χ4v) is 3.73. The van der Waals surface area contributed by atoms with Crippen LogP contribution in [-0.4, -0.2) is 73.6 Å². The number of rotatable bonds is 11. The molecule has 33 heavy (non-hydrogen) atoms. The van der Waals surface area contributed by atoms with Gasteiger partial charge in [-0.25, -0.2) is 0 Å². The fourth-order valence-electron chi connectivity index (χ4n) is 3.73. The van der Waals surface area contributed by atoms with Crippen molar-refractivity contribution in [3.05, 3.63) is 35.7 Å². The average Bonchev–Trinajstić information content (AvgIpc) is 3.32. The zero-order valence-corrected chi connectivity index (χ0v) is 22.4. The Hall–Kier alpha value is -1.72. The van der Waals surface area contributed by atoms with Gasteiger partial charge in [-0.3, -0.25) is 4.99 Å². The number of hydrogen-bond acceptors (Lipinski definition) is 6. The largest absolute Gasteiger partial charge is 0.385 e. The van der Waals surface area contributed by atoms with E-state index in [1.54, 1.807) is 7.11 Å². The second-order valence-corrected chi connectivity index (χ2v) is 7.96. The smallest absolute Gasteiger partial charge is 0.257 e. The second-order valence-electron chi connectivity index (χ2n) is 7.96. The van der Waals surface area contributed by atoms with Gasteiger partial charge >= 0.3 is 0 Å². The minimum absolute atomic E-state index is 0. The van der Waals surface area contributed by atoms with E-state index in [0.29, 0.717) is 12.0 Å². The summed E-state index contributed by atoms with van der Waals surface area (Å²) in [6, 6.07) is 8.29. The number of guanidine groups is 1. The molecule has 1 aromatic carbocycles. The normalized spacial score (nSPS) is 14.9. The van der Waals surface area contributed by atoms with E-state index in [-0.39, 0.29) is 24.0 Å². The fraction of sp³-hybridized carbons (Fsp3) is 0.625. The molecule has 1 fully saturated rings. The quantitative estimate of drug-likeness (QED) is 0.189. The van der Waals surface area contributed by atoms with E-state index in [1.165, 1.54) is 5.56 Å². The lowest BCUT2D eigenvalue weighted by Crippen LogP contribution is -2.47. The molecule has 9 heteroatoms. The average molecular weight is 572 g/mol. The van der Waals surface area contributed by atoms with Crippen LogP contribution in [-0.2, 0) is 22.3 Å². The molecule has 184 valence electrons. The summed E-state index contributed by atoms with van der Waals surface area (Å²) in [5.74, 6) is 2.31. The van der Waals surface area contributed by atoms with Crippen molar-refractivity contribution < 1.29 is 14.0 Å². The maximum atomic E-state index is 5.98. The van der Waals surface area contributed by atoms with Crippen LogP contribution in [0.25, 0.3) is 11.5 Å². The number of hydrogen-bond donors (Lipinski definition) is 1. The summed E-state index contributed by atoms with van der Waals surface area (Å²) in [4.78, 5) is 11.6. The zero-order chi connectivity index (χ0) is 22.6. The molecule has 1 aliphatic rings. The first-order chi connectivity index (χ1) is 15.7. The molecular formula is C24H38IN5O3. The van der Waals surface area contributed by atoms with Gasteiger partial charge in [0.2, 0.25) is 0 Å². The van der Waals surface area contributed by atoms with Gasteiger partial charge in [0.25, 0.3) is 5.89 Å². The molecule has 2 aromatic rings. The Bertz CT molecular complexity index is 820. The molecule has 8 nitrogen and oxygen atoms in total. The maximum absolute atomic E-state index is 5.98. The molecular weight excluding hydrogens is 533 g/mol. The molecule has 0 bridgehead atoms. The Labute approximate surface area is 214 Å². The van der Waals surface area contributed by atoms with Crippen LogP contribution in [0, 0.1) is 0 Å². The molecule has 0 radical (unpaired) electrons. The van der Waals surface area contributed by atoms with E-state index in [4.69, 9.17) is 19.0 Å². The molecule has 3 rings (SSSR count). The summed E-state index contributed by atoms with van der Waals surface area (Å²) in [7, 11) is 1.73. The molecule has 0 atom stereocenters. The molecule has 2 heterocycles. The Morgan fingerprint density at radius 3 is 2.58 bits per heavy atom. The van der Waals surface area contributed by atoms with Gasteiger partial charge in [-0.1, -0.05) is 24.2 Å². The van der Waals surface area contributed by atoms with E-state index in [0.717, 1.165) is 88.8 Å². The molecule has 0 spiro atoms. The van der Waals surface area contributed by atoms with Crippen molar-refractivity contribution in [3.8, 4) is 11.5 Å². The molecule has 0 unspecified atom stereocenters. The maximum Gasteiger partial charge on any atom is 0.257 e. The van der Waals surface area contributed by atoms with E-state index in [9.17, 15) is 0 Å². The first kappa shape index (κ1) is 27.5. The summed E-state index contributed by atoms with van der Waals surface area (Å²) in [5.41, 5.74) is 2.19. The molecule has 0 amide bonds. The van der Waals surface area contributed by atoms with E-state index in [1.807, 2.05) is 19.1 Å². The van der Waals surface area contributed by atoms with Gasteiger partial charge in [0, 0.05) is 58.5 Å². The number of aliphatic imine (C=N–C) groups is 1. The van der Waals surface area contributed by atoms with E-state index in [2.05, 4.69) is 39.4 Å². The lowest BCUT2D eigenvalue weighted by molar-refractivity contribution is 0.00991. The van der Waals surface area contributed by atoms with Gasteiger partial charge in [0.1, 0.15) is 0 Å². The Kier molecular flexibility index (Phi) is 12.7. The van der Waals surface area contributed by atoms with Crippen LogP contribution in [0.3, 0.4) is 0 Å². The number of nitrogens with zero attached hydrogens (tertiary/aromatic N) is 4. The highest BCUT2D eigenvalue weighted by Crippen LogP contribution is 2.18. The minimum Gasteiger partial charge on any atom is -0.385 e. The van der Waals surface area contributed by atoms with Crippen molar-refractivity contribution in [1.29, 1.82) is 0 Å². The van der Waals surface area contributed by atoms with Crippen LogP contribution in [0.2, 0.25) is 0 Å². The number of aryl methyl sites for hydroxylation is 1. The lowest BCUT2D eigenvalue weighted by Gasteiger charge is -2.34. The van der Waals surface area contributed by atoms with Crippen LogP contribution in [0.15, 0.2) is 33.8 Å². The third kappa shape index (κ3) is 8.86. The van der Waals surface area contributed by atoms with E-state index >= 15 is 0 Å². The zero-order valence-electron chi connectivity index (χ0n) is 20.1. The minimum atomic E-state index is 0. The van der Waals surface area contributed by atoms with Crippen LogP contribution >= 0.6 is 24.0 Å². The van der Waals surface area contributed by atoms with Crippen LogP contribution in [0.4, 0.5) is 0 Å². The van der Waals surface area contributed by atoms with Gasteiger partial charge in [-0.15, -0.1) is 24.0 Å². The summed E-state index contributed by atoms with van der Waals surface area (Å²) in [6.45, 7) is 9.22. The lowest BCUT2D eigenvalue weighted by atomic mass is 10.1. The standard InChI is InChI=1S/C24H37N5O3.HI/c1-4-22-27-23(32-28-22)20-9-7-19(8-10-20)11-14-26-24(25-5-2)29-15-12-21(13-16-29)31-18-6-17-30-3;/h7-10,21H,4-6,11-18H2,1-3H3,(H,25,26);1H. The van der Waals surface area contributed by atoms with Gasteiger partial charge in [0.15, 0.2) is 11.8 Å². The van der Waals surface area contributed by atoms with Crippen molar-refractivity contribution in [2.75, 3.05) is 46.5 Å². The summed E-state index contributed by atoms with van der Waals surface area (Å²) >= 11 is 0. The highest BCUT2D eigenvalue weighted by atomic mass is 127. The van der Waals surface area contributed by atoms with E-state index < -0.39 is 0 Å². The van der Waals surface area contributed by atoms with Crippen LogP contribution in [0.1, 0.15) is 44.5 Å². The number of ether oxygens (including phenoxy) is 2. The third-order valence-electron chi connectivity index (χ3n) is 5.57. The molecule has 0 aliphatic carbocycles. The first-order valence-corrected chi connectivity index (χ1v) is 11.8. The number of nitrogens with one attached hydrogen (secondary N) is 1. The number of halogens is 1. The van der Waals surface area contributed by atoms with Crippen molar-refractivity contribution >= 4 is 29.9 Å². The number of methoxy groups -OCH3 is 1. The Balaban J connectivity index is 0.00000385. The van der Waals surface area contributed by atoms with Gasteiger partial charge < -0.3 is 24.2 Å². The number of likely N-dealkylation sites (tertiary alicyclic amines) is 1. The van der Waals surface area contributed by atoms with Crippen LogP contribution < -0.4 is 5.32 Å². The molecule has 1 N–H and O–H groups in total. The van der Waals surface area contributed by atoms with Crippen molar-refractivity contribution in [2.24, 2.45) is 4.99 Å². The topological polar surface area (TPSA) is 85.0 Å². The molecule has 1 aromatic heterocycles. The monoisotopic (exact) mass is 571 g/mol. The number of aromatic nitrogens is 2. The Morgan fingerprint density at radius 1 is 1.18 bits per heavy atom. The second kappa shape index (κ2) is 15.2. The van der Waals surface area contributed by atoms with Gasteiger partial charge in [0.05, 0.1) is 6.10 Å². The Morgan fingerprint density at radius 2 is 1.94 bits per heavy atom. The van der Waals surface area contributed by atoms with Crippen molar-refractivity contribution in [2.45, 2.75) is 52.1 Å². The van der Waals surface area contributed by atoms with Crippen molar-refractivity contribution in [1.82, 2.24) is 20.4 Å². The number of benzene rings is 1. The third-order valence-corrected chi connectivity index (χ3v) is 5.57. The van der Waals surface area contributed by atoms with Gasteiger partial charge in [-0.05, 0) is 50.3 Å². The van der Waals surface area contributed by atoms with Gasteiger partial charge in [-0.2, -0.15) is 4.98 Å². The molecule has 0 saturated carbocycles. The predicted octanol–water partition coefficient (Wildman–Crippen LogP) is 3.94. The predicted molar refractivity (Wildman–Crippen MR) is 141 cm³/mol. The summed E-state index contributed by atoms with van der Waals surface area (Å²) in [5, 5.41) is 7.41. The summed E-state index contributed by atoms with van der Waals surface area (Å²) < 4.78 is 16.4. The summed E-state index contributed by atoms with van der Waals surface area (Å²) in [6.07, 6.45) is 5.03. The van der Waals surface area contributed by atoms with Crippen molar-refractivity contribution in [3.63, 3.8) is 0 Å². The molecule has 1 aliphatic heterocycles. The highest BCUT2D eigenvalue weighted by Gasteiger charge is 2.21. The molecule has 1 saturated heterocycles. The highest BCUT2D eigenvalue weighted by molar-refractivity contribution is 14.0. The first-order valence-electron chi connectivity index (χ1n) is 11.8.